The lowest BCUT2D eigenvalue weighted by molar-refractivity contribution is -0.165. The van der Waals surface area contributed by atoms with E-state index in [2.05, 4.69) is 10.6 Å². The molecule has 0 aromatic heterocycles. The van der Waals surface area contributed by atoms with E-state index in [9.17, 15) is 18.0 Å². The van der Waals surface area contributed by atoms with Crippen molar-refractivity contribution in [2.45, 2.75) is 56.2 Å². The van der Waals surface area contributed by atoms with Gasteiger partial charge in [0.25, 0.3) is 0 Å². The Hall–Kier alpha value is -1.76. The molecule has 1 saturated heterocycles. The number of hydrogen-bond donors (Lipinski definition) is 2. The zero-order valence-electron chi connectivity index (χ0n) is 15.6. The van der Waals surface area contributed by atoms with Crippen LogP contribution in [0.4, 0.5) is 13.2 Å². The smallest absolute Gasteiger partial charge is 0.404 e. The molecule has 1 aliphatic carbocycles. The molecule has 3 rings (SSSR count). The predicted octanol–water partition coefficient (Wildman–Crippen LogP) is 3.77. The highest BCUT2D eigenvalue weighted by Gasteiger charge is 2.51. The normalized spacial score (nSPS) is 20.7. The number of methoxy groups -OCH3 is 1. The molecule has 2 aliphatic rings. The molecule has 2 fully saturated rings. The van der Waals surface area contributed by atoms with E-state index in [1.807, 2.05) is 0 Å². The number of piperidine rings is 1. The fourth-order valence-electron chi connectivity index (χ4n) is 3.88. The molecule has 1 aromatic rings. The lowest BCUT2D eigenvalue weighted by atomic mass is 9.90. The highest BCUT2D eigenvalue weighted by atomic mass is 19.4. The molecular formula is C20H27F3N2O2. The number of amides is 1. The second-order valence-electron chi connectivity index (χ2n) is 7.75. The van der Waals surface area contributed by atoms with Crippen LogP contribution in [0.15, 0.2) is 24.3 Å². The minimum absolute atomic E-state index is 0.0893. The van der Waals surface area contributed by atoms with Gasteiger partial charge in [-0.05, 0) is 75.2 Å². The van der Waals surface area contributed by atoms with E-state index in [1.165, 1.54) is 25.3 Å². The van der Waals surface area contributed by atoms with Crippen LogP contribution in [0, 0.1) is 5.92 Å². The molecule has 1 amide bonds. The van der Waals surface area contributed by atoms with Crippen LogP contribution >= 0.6 is 0 Å². The van der Waals surface area contributed by atoms with Crippen LogP contribution in [0.3, 0.4) is 0 Å². The minimum atomic E-state index is -4.65. The Morgan fingerprint density at radius 2 is 2.04 bits per heavy atom. The molecule has 1 heterocycles. The second-order valence-corrected chi connectivity index (χ2v) is 7.75. The van der Waals surface area contributed by atoms with Crippen molar-refractivity contribution in [1.82, 2.24) is 10.6 Å². The fourth-order valence-corrected chi connectivity index (χ4v) is 3.88. The van der Waals surface area contributed by atoms with Crippen molar-refractivity contribution in [3.63, 3.8) is 0 Å². The molecule has 150 valence electrons. The lowest BCUT2D eigenvalue weighted by Crippen LogP contribution is -2.44. The van der Waals surface area contributed by atoms with Crippen LogP contribution in [0.5, 0.6) is 5.75 Å². The maximum Gasteiger partial charge on any atom is 0.404 e. The maximum atomic E-state index is 13.7. The van der Waals surface area contributed by atoms with Crippen LogP contribution in [-0.4, -0.2) is 37.8 Å². The SMILES string of the molecule is COc1cccc(C(C(=O)NC2(CCC3CCNCC3)CC2)C(F)(F)F)c1. The third kappa shape index (κ3) is 5.15. The number of carbonyl (C=O) groups excluding carboxylic acids is 1. The van der Waals surface area contributed by atoms with Crippen LogP contribution in [0.2, 0.25) is 0 Å². The third-order valence-electron chi connectivity index (χ3n) is 5.75. The zero-order chi connectivity index (χ0) is 19.5. The number of nitrogens with one attached hydrogen (secondary N) is 2. The largest absolute Gasteiger partial charge is 0.497 e. The summed E-state index contributed by atoms with van der Waals surface area (Å²) in [6.07, 6.45) is 0.766. The van der Waals surface area contributed by atoms with Crippen molar-refractivity contribution in [3.8, 4) is 5.75 Å². The van der Waals surface area contributed by atoms with Gasteiger partial charge in [0.15, 0.2) is 5.92 Å². The van der Waals surface area contributed by atoms with Crippen molar-refractivity contribution in [2.24, 2.45) is 5.92 Å². The lowest BCUT2D eigenvalue weighted by Gasteiger charge is -2.27. The van der Waals surface area contributed by atoms with E-state index in [4.69, 9.17) is 4.74 Å². The van der Waals surface area contributed by atoms with Crippen molar-refractivity contribution >= 4 is 5.91 Å². The van der Waals surface area contributed by atoms with Gasteiger partial charge >= 0.3 is 6.18 Å². The van der Waals surface area contributed by atoms with Crippen LogP contribution < -0.4 is 15.4 Å². The van der Waals surface area contributed by atoms with Crippen LogP contribution in [0.25, 0.3) is 0 Å². The number of rotatable bonds is 7. The van der Waals surface area contributed by atoms with Crippen molar-refractivity contribution in [3.05, 3.63) is 29.8 Å². The summed E-state index contributed by atoms with van der Waals surface area (Å²) >= 11 is 0. The van der Waals surface area contributed by atoms with Crippen molar-refractivity contribution < 1.29 is 22.7 Å². The van der Waals surface area contributed by atoms with Crippen LogP contribution in [0.1, 0.15) is 50.0 Å². The number of ether oxygens (including phenoxy) is 1. The highest BCUT2D eigenvalue weighted by molar-refractivity contribution is 5.85. The molecule has 27 heavy (non-hydrogen) atoms. The number of hydrogen-bond acceptors (Lipinski definition) is 3. The van der Waals surface area contributed by atoms with Crippen LogP contribution in [-0.2, 0) is 4.79 Å². The molecule has 0 radical (unpaired) electrons. The Morgan fingerprint density at radius 3 is 2.63 bits per heavy atom. The fraction of sp³-hybridized carbons (Fsp3) is 0.650. The van der Waals surface area contributed by atoms with E-state index in [1.54, 1.807) is 6.07 Å². The molecule has 1 aliphatic heterocycles. The monoisotopic (exact) mass is 384 g/mol. The quantitative estimate of drug-likeness (QED) is 0.752. The van der Waals surface area contributed by atoms with Gasteiger partial charge in [0.05, 0.1) is 7.11 Å². The molecule has 7 heteroatoms. The maximum absolute atomic E-state index is 13.7. The van der Waals surface area contributed by atoms with Gasteiger partial charge in [-0.15, -0.1) is 0 Å². The van der Waals surface area contributed by atoms with Crippen molar-refractivity contribution in [2.75, 3.05) is 20.2 Å². The summed E-state index contributed by atoms with van der Waals surface area (Å²) in [5.74, 6) is -2.23. The van der Waals surface area contributed by atoms with E-state index < -0.39 is 23.5 Å². The Bertz CT molecular complexity index is 653. The molecule has 0 bridgehead atoms. The molecule has 4 nitrogen and oxygen atoms in total. The Balaban J connectivity index is 1.67. The summed E-state index contributed by atoms with van der Waals surface area (Å²) in [6, 6.07) is 5.65. The molecule has 2 N–H and O–H groups in total. The Kier molecular flexibility index (Phi) is 5.99. The Labute approximate surface area is 157 Å². The molecule has 1 saturated carbocycles. The van der Waals surface area contributed by atoms with E-state index in [-0.39, 0.29) is 5.56 Å². The first-order valence-corrected chi connectivity index (χ1v) is 9.56. The predicted molar refractivity (Wildman–Crippen MR) is 96.7 cm³/mol. The number of alkyl halides is 3. The number of carbonyl (C=O) groups is 1. The molecular weight excluding hydrogens is 357 g/mol. The summed E-state index contributed by atoms with van der Waals surface area (Å²) in [7, 11) is 1.39. The third-order valence-corrected chi connectivity index (χ3v) is 5.75. The number of benzene rings is 1. The molecule has 1 unspecified atom stereocenters. The van der Waals surface area contributed by atoms with Gasteiger partial charge in [0.1, 0.15) is 5.75 Å². The summed E-state index contributed by atoms with van der Waals surface area (Å²) in [4.78, 5) is 12.6. The average molecular weight is 384 g/mol. The average Bonchev–Trinajstić information content (AvgIpc) is 3.39. The van der Waals surface area contributed by atoms with Gasteiger partial charge in [-0.2, -0.15) is 13.2 Å². The van der Waals surface area contributed by atoms with Gasteiger partial charge in [0.2, 0.25) is 5.91 Å². The summed E-state index contributed by atoms with van der Waals surface area (Å²) in [5.41, 5.74) is -0.543. The molecule has 0 spiro atoms. The van der Waals surface area contributed by atoms with Gasteiger partial charge < -0.3 is 15.4 Å². The molecule has 1 aromatic carbocycles. The Morgan fingerprint density at radius 1 is 1.33 bits per heavy atom. The first kappa shape index (κ1) is 20.0. The van der Waals surface area contributed by atoms with E-state index >= 15 is 0 Å². The topological polar surface area (TPSA) is 50.4 Å². The highest BCUT2D eigenvalue weighted by Crippen LogP contribution is 2.43. The van der Waals surface area contributed by atoms with Gasteiger partial charge in [-0.1, -0.05) is 12.1 Å². The van der Waals surface area contributed by atoms with Gasteiger partial charge in [0, 0.05) is 5.54 Å². The standard InChI is InChI=1S/C20H27F3N2O2/c1-27-16-4-2-3-15(13-16)17(20(21,22)23)18(26)25-19(9-10-19)8-5-14-6-11-24-12-7-14/h2-4,13-14,17,24H,5-12H2,1H3,(H,25,26). The number of halogens is 3. The summed E-state index contributed by atoms with van der Waals surface area (Å²) < 4.78 is 46.0. The van der Waals surface area contributed by atoms with Gasteiger partial charge in [-0.3, -0.25) is 4.79 Å². The minimum Gasteiger partial charge on any atom is -0.497 e. The second kappa shape index (κ2) is 8.09. The molecule has 1 atom stereocenters. The van der Waals surface area contributed by atoms with E-state index in [0.29, 0.717) is 11.7 Å². The summed E-state index contributed by atoms with van der Waals surface area (Å²) in [6.45, 7) is 1.99. The van der Waals surface area contributed by atoms with Crippen molar-refractivity contribution in [1.29, 1.82) is 0 Å². The first-order chi connectivity index (χ1) is 12.8. The van der Waals surface area contributed by atoms with Gasteiger partial charge in [-0.25, -0.2) is 0 Å². The zero-order valence-corrected chi connectivity index (χ0v) is 15.6. The first-order valence-electron chi connectivity index (χ1n) is 9.56. The summed E-state index contributed by atoms with van der Waals surface area (Å²) in [5, 5.41) is 6.05. The van der Waals surface area contributed by atoms with E-state index in [0.717, 1.165) is 51.6 Å².